The molecule has 2 N–H and O–H groups in total. The molecule has 0 fully saturated rings. The zero-order chi connectivity index (χ0) is 16.1. The van der Waals surface area contributed by atoms with Gasteiger partial charge in [-0.25, -0.2) is 9.78 Å². The molecule has 0 unspecified atom stereocenters. The minimum Gasteiger partial charge on any atom is -0.462 e. The molecular formula is C15H14N6O2. The van der Waals surface area contributed by atoms with E-state index in [1.54, 1.807) is 25.5 Å². The van der Waals surface area contributed by atoms with Crippen molar-refractivity contribution in [2.75, 3.05) is 11.9 Å². The number of pyridine rings is 1. The van der Waals surface area contributed by atoms with Crippen molar-refractivity contribution in [3.05, 3.63) is 48.5 Å². The third kappa shape index (κ3) is 3.31. The van der Waals surface area contributed by atoms with E-state index in [0.29, 0.717) is 35.2 Å². The van der Waals surface area contributed by atoms with E-state index in [9.17, 15) is 4.79 Å². The first-order valence-electron chi connectivity index (χ1n) is 6.99. The highest BCUT2D eigenvalue weighted by atomic mass is 16.5. The van der Waals surface area contributed by atoms with E-state index in [-0.39, 0.29) is 0 Å². The molecule has 0 spiro atoms. The van der Waals surface area contributed by atoms with Crippen LogP contribution in [0.25, 0.3) is 11.4 Å². The summed E-state index contributed by atoms with van der Waals surface area (Å²) in [5.41, 5.74) is 1.63. The van der Waals surface area contributed by atoms with Crippen molar-refractivity contribution >= 4 is 17.6 Å². The summed E-state index contributed by atoms with van der Waals surface area (Å²) in [5, 5.41) is 9.54. The Balaban J connectivity index is 1.85. The molecule has 116 valence electrons. The van der Waals surface area contributed by atoms with Crippen LogP contribution in [0.3, 0.4) is 0 Å². The second-order valence-corrected chi connectivity index (χ2v) is 4.51. The molecule has 8 nitrogen and oxygen atoms in total. The summed E-state index contributed by atoms with van der Waals surface area (Å²) in [6.07, 6.45) is 6.25. The normalized spacial score (nSPS) is 10.3. The molecule has 0 bridgehead atoms. The molecule has 0 atom stereocenters. The first-order valence-corrected chi connectivity index (χ1v) is 6.99. The average molecular weight is 310 g/mol. The van der Waals surface area contributed by atoms with Crippen LogP contribution in [-0.2, 0) is 4.74 Å². The van der Waals surface area contributed by atoms with Gasteiger partial charge in [-0.2, -0.15) is 5.10 Å². The number of H-pyrrole nitrogens is 1. The Hall–Kier alpha value is -3.29. The topological polar surface area (TPSA) is 106 Å². The molecule has 3 aromatic rings. The predicted octanol–water partition coefficient (Wildman–Crippen LogP) is 2.18. The number of aromatic nitrogens is 5. The standard InChI is InChI=1S/C15H14N6O2/c1-2-23-15(22)10-7-18-21-14(10)20-13-9-16-8-12(19-13)11-5-3-4-6-17-11/h3-9H,2H2,1H3,(H2,18,19,20,21). The Labute approximate surface area is 132 Å². The molecule has 0 radical (unpaired) electrons. The summed E-state index contributed by atoms with van der Waals surface area (Å²) in [4.78, 5) is 24.6. The second-order valence-electron chi connectivity index (χ2n) is 4.51. The maximum Gasteiger partial charge on any atom is 0.343 e. The van der Waals surface area contributed by atoms with E-state index in [4.69, 9.17) is 4.74 Å². The van der Waals surface area contributed by atoms with Gasteiger partial charge in [-0.3, -0.25) is 15.1 Å². The lowest BCUT2D eigenvalue weighted by Gasteiger charge is -2.07. The van der Waals surface area contributed by atoms with Gasteiger partial charge in [-0.05, 0) is 19.1 Å². The van der Waals surface area contributed by atoms with E-state index >= 15 is 0 Å². The summed E-state index contributed by atoms with van der Waals surface area (Å²) in [6, 6.07) is 5.54. The lowest BCUT2D eigenvalue weighted by molar-refractivity contribution is 0.0527. The molecule has 0 saturated heterocycles. The van der Waals surface area contributed by atoms with Crippen molar-refractivity contribution in [1.29, 1.82) is 0 Å². The zero-order valence-corrected chi connectivity index (χ0v) is 12.4. The SMILES string of the molecule is CCOC(=O)c1cn[nH]c1Nc1cncc(-c2ccccn2)n1. The van der Waals surface area contributed by atoms with Gasteiger partial charge in [0.15, 0.2) is 5.82 Å². The highest BCUT2D eigenvalue weighted by Crippen LogP contribution is 2.19. The van der Waals surface area contributed by atoms with E-state index < -0.39 is 5.97 Å². The molecule has 0 amide bonds. The van der Waals surface area contributed by atoms with Crippen molar-refractivity contribution in [2.24, 2.45) is 0 Å². The van der Waals surface area contributed by atoms with Crippen LogP contribution in [-0.4, -0.2) is 37.7 Å². The summed E-state index contributed by atoms with van der Waals surface area (Å²) in [5.74, 6) is 0.400. The van der Waals surface area contributed by atoms with Crippen molar-refractivity contribution in [3.63, 3.8) is 0 Å². The Morgan fingerprint density at radius 2 is 2.17 bits per heavy atom. The van der Waals surface area contributed by atoms with Crippen LogP contribution in [0.1, 0.15) is 17.3 Å². The van der Waals surface area contributed by atoms with Gasteiger partial charge in [0.2, 0.25) is 0 Å². The molecule has 0 aliphatic carbocycles. The molecule has 0 saturated carbocycles. The van der Waals surface area contributed by atoms with Gasteiger partial charge < -0.3 is 10.1 Å². The molecule has 0 aliphatic heterocycles. The quantitative estimate of drug-likeness (QED) is 0.696. The molecule has 0 aromatic carbocycles. The molecule has 8 heteroatoms. The van der Waals surface area contributed by atoms with Crippen LogP contribution in [0.4, 0.5) is 11.6 Å². The maximum atomic E-state index is 11.8. The fraction of sp³-hybridized carbons (Fsp3) is 0.133. The van der Waals surface area contributed by atoms with Crippen molar-refractivity contribution < 1.29 is 9.53 Å². The monoisotopic (exact) mass is 310 g/mol. The predicted molar refractivity (Wildman–Crippen MR) is 83.1 cm³/mol. The summed E-state index contributed by atoms with van der Waals surface area (Å²) in [6.45, 7) is 2.03. The fourth-order valence-electron chi connectivity index (χ4n) is 1.94. The number of rotatable bonds is 5. The highest BCUT2D eigenvalue weighted by Gasteiger charge is 2.15. The molecular weight excluding hydrogens is 296 g/mol. The third-order valence-electron chi connectivity index (χ3n) is 2.95. The number of ether oxygens (including phenoxy) is 1. The Morgan fingerprint density at radius 1 is 1.26 bits per heavy atom. The van der Waals surface area contributed by atoms with Gasteiger partial charge >= 0.3 is 5.97 Å². The Bertz CT molecular complexity index is 802. The van der Waals surface area contributed by atoms with Crippen LogP contribution in [0.15, 0.2) is 43.0 Å². The van der Waals surface area contributed by atoms with Crippen molar-refractivity contribution in [2.45, 2.75) is 6.92 Å². The van der Waals surface area contributed by atoms with Crippen LogP contribution >= 0.6 is 0 Å². The lowest BCUT2D eigenvalue weighted by Crippen LogP contribution is -2.07. The van der Waals surface area contributed by atoms with E-state index in [2.05, 4.69) is 30.5 Å². The van der Waals surface area contributed by atoms with Crippen LogP contribution in [0.5, 0.6) is 0 Å². The molecule has 3 aromatic heterocycles. The molecule has 3 heterocycles. The number of anilines is 2. The second kappa shape index (κ2) is 6.65. The molecule has 3 rings (SSSR count). The number of hydrogen-bond donors (Lipinski definition) is 2. The number of hydrogen-bond acceptors (Lipinski definition) is 7. The van der Waals surface area contributed by atoms with Crippen molar-refractivity contribution in [3.8, 4) is 11.4 Å². The zero-order valence-electron chi connectivity index (χ0n) is 12.4. The summed E-state index contributed by atoms with van der Waals surface area (Å²) < 4.78 is 4.97. The van der Waals surface area contributed by atoms with E-state index in [0.717, 1.165) is 0 Å². The number of carbonyl (C=O) groups excluding carboxylic acids is 1. The number of nitrogens with zero attached hydrogens (tertiary/aromatic N) is 4. The summed E-state index contributed by atoms with van der Waals surface area (Å²) in [7, 11) is 0. The minimum atomic E-state index is -0.461. The van der Waals surface area contributed by atoms with E-state index in [1.807, 2.05) is 18.2 Å². The van der Waals surface area contributed by atoms with Gasteiger partial charge in [0.1, 0.15) is 17.1 Å². The highest BCUT2D eigenvalue weighted by molar-refractivity contribution is 5.95. The van der Waals surface area contributed by atoms with Gasteiger partial charge in [-0.15, -0.1) is 0 Å². The first kappa shape index (κ1) is 14.6. The number of aromatic amines is 1. The van der Waals surface area contributed by atoms with Crippen molar-refractivity contribution in [1.82, 2.24) is 25.1 Å². The van der Waals surface area contributed by atoms with E-state index in [1.165, 1.54) is 6.20 Å². The lowest BCUT2D eigenvalue weighted by atomic mass is 10.3. The number of nitrogens with one attached hydrogen (secondary N) is 2. The number of esters is 1. The number of carbonyl (C=O) groups is 1. The van der Waals surface area contributed by atoms with Gasteiger partial charge in [0, 0.05) is 6.20 Å². The van der Waals surface area contributed by atoms with Gasteiger partial charge in [0.25, 0.3) is 0 Å². The Kier molecular flexibility index (Phi) is 4.23. The smallest absolute Gasteiger partial charge is 0.343 e. The fourth-order valence-corrected chi connectivity index (χ4v) is 1.94. The van der Waals surface area contributed by atoms with Gasteiger partial charge in [-0.1, -0.05) is 6.07 Å². The molecule has 23 heavy (non-hydrogen) atoms. The summed E-state index contributed by atoms with van der Waals surface area (Å²) >= 11 is 0. The minimum absolute atomic E-state index is 0.290. The third-order valence-corrected chi connectivity index (χ3v) is 2.95. The van der Waals surface area contributed by atoms with Crippen LogP contribution in [0, 0.1) is 0 Å². The van der Waals surface area contributed by atoms with Crippen LogP contribution < -0.4 is 5.32 Å². The van der Waals surface area contributed by atoms with Gasteiger partial charge in [0.05, 0.1) is 30.9 Å². The average Bonchev–Trinajstić information content (AvgIpc) is 3.04. The van der Waals surface area contributed by atoms with Crippen LogP contribution in [0.2, 0.25) is 0 Å². The largest absolute Gasteiger partial charge is 0.462 e. The molecule has 0 aliphatic rings. The first-order chi connectivity index (χ1) is 11.3. The Morgan fingerprint density at radius 3 is 2.96 bits per heavy atom. The maximum absolute atomic E-state index is 11.8.